The molecule has 2 rings (SSSR count). The van der Waals surface area contributed by atoms with Crippen LogP contribution in [-0.4, -0.2) is 25.7 Å². The molecule has 1 saturated heterocycles. The van der Waals surface area contributed by atoms with E-state index < -0.39 is 0 Å². The molecule has 1 aromatic carbocycles. The maximum atomic E-state index is 6.13. The van der Waals surface area contributed by atoms with Crippen LogP contribution >= 0.6 is 23.2 Å². The van der Waals surface area contributed by atoms with Crippen LogP contribution in [0.25, 0.3) is 0 Å². The first kappa shape index (κ1) is 13.2. The van der Waals surface area contributed by atoms with Gasteiger partial charge < -0.3 is 10.6 Å². The van der Waals surface area contributed by atoms with Gasteiger partial charge in [-0.05, 0) is 56.6 Å². The third-order valence-corrected chi connectivity index (χ3v) is 3.77. The molecule has 0 saturated carbocycles. The minimum Gasteiger partial charge on any atom is -0.317 e. The fraction of sp³-hybridized carbons (Fsp3) is 0.538. The van der Waals surface area contributed by atoms with Crippen molar-refractivity contribution in [2.75, 3.05) is 19.6 Å². The van der Waals surface area contributed by atoms with Gasteiger partial charge in [0.25, 0.3) is 0 Å². The van der Waals surface area contributed by atoms with Gasteiger partial charge >= 0.3 is 0 Å². The summed E-state index contributed by atoms with van der Waals surface area (Å²) in [6, 6.07) is 6.37. The lowest BCUT2D eigenvalue weighted by Crippen LogP contribution is -2.40. The highest BCUT2D eigenvalue weighted by molar-refractivity contribution is 6.35. The van der Waals surface area contributed by atoms with Gasteiger partial charge in [-0.15, -0.1) is 0 Å². The molecule has 4 heteroatoms. The van der Waals surface area contributed by atoms with E-state index in [1.165, 1.54) is 12.8 Å². The summed E-state index contributed by atoms with van der Waals surface area (Å²) in [6.45, 7) is 3.23. The second kappa shape index (κ2) is 6.60. The van der Waals surface area contributed by atoms with Crippen molar-refractivity contribution in [2.24, 2.45) is 0 Å². The quantitative estimate of drug-likeness (QED) is 0.881. The van der Waals surface area contributed by atoms with E-state index in [9.17, 15) is 0 Å². The molecule has 17 heavy (non-hydrogen) atoms. The Hall–Kier alpha value is -0.280. The van der Waals surface area contributed by atoms with E-state index in [-0.39, 0.29) is 0 Å². The van der Waals surface area contributed by atoms with Gasteiger partial charge in [-0.3, -0.25) is 0 Å². The van der Waals surface area contributed by atoms with Crippen LogP contribution in [0.15, 0.2) is 18.2 Å². The molecule has 1 aliphatic rings. The van der Waals surface area contributed by atoms with Crippen molar-refractivity contribution in [3.8, 4) is 0 Å². The zero-order valence-electron chi connectivity index (χ0n) is 9.81. The van der Waals surface area contributed by atoms with Crippen LogP contribution in [-0.2, 0) is 6.42 Å². The van der Waals surface area contributed by atoms with Gasteiger partial charge in [0.1, 0.15) is 0 Å². The average Bonchev–Trinajstić information content (AvgIpc) is 2.33. The number of nitrogens with one attached hydrogen (secondary N) is 2. The first-order valence-corrected chi connectivity index (χ1v) is 6.89. The van der Waals surface area contributed by atoms with Crippen molar-refractivity contribution >= 4 is 23.2 Å². The topological polar surface area (TPSA) is 24.1 Å². The smallest absolute Gasteiger partial charge is 0.0453 e. The van der Waals surface area contributed by atoms with Crippen LogP contribution in [0.4, 0.5) is 0 Å². The van der Waals surface area contributed by atoms with Crippen molar-refractivity contribution < 1.29 is 0 Å². The van der Waals surface area contributed by atoms with Crippen LogP contribution in [0.3, 0.4) is 0 Å². The number of benzene rings is 1. The van der Waals surface area contributed by atoms with E-state index in [0.29, 0.717) is 11.1 Å². The fourth-order valence-corrected chi connectivity index (χ4v) is 2.66. The highest BCUT2D eigenvalue weighted by atomic mass is 35.5. The van der Waals surface area contributed by atoms with Gasteiger partial charge in [0, 0.05) is 16.1 Å². The molecule has 1 fully saturated rings. The second-order valence-corrected chi connectivity index (χ2v) is 5.31. The molecule has 0 atom stereocenters. The van der Waals surface area contributed by atoms with Gasteiger partial charge in [-0.25, -0.2) is 0 Å². The molecule has 1 heterocycles. The SMILES string of the molecule is Clc1ccc(CCNC2CCNCC2)c(Cl)c1. The summed E-state index contributed by atoms with van der Waals surface area (Å²) in [5, 5.41) is 8.41. The van der Waals surface area contributed by atoms with Crippen LogP contribution in [0.2, 0.25) is 10.0 Å². The Bertz CT molecular complexity index is 362. The average molecular weight is 273 g/mol. The predicted molar refractivity (Wildman–Crippen MR) is 74.1 cm³/mol. The summed E-state index contributed by atoms with van der Waals surface area (Å²) >= 11 is 12.0. The molecule has 1 aliphatic heterocycles. The monoisotopic (exact) mass is 272 g/mol. The number of rotatable bonds is 4. The van der Waals surface area contributed by atoms with Crippen molar-refractivity contribution in [3.05, 3.63) is 33.8 Å². The second-order valence-electron chi connectivity index (χ2n) is 4.46. The number of piperidine rings is 1. The van der Waals surface area contributed by atoms with Gasteiger partial charge in [-0.1, -0.05) is 29.3 Å². The zero-order chi connectivity index (χ0) is 12.1. The Morgan fingerprint density at radius 1 is 1.24 bits per heavy atom. The molecule has 0 bridgehead atoms. The van der Waals surface area contributed by atoms with Gasteiger partial charge in [0.15, 0.2) is 0 Å². The standard InChI is InChI=1S/C13H18Cl2N2/c14-11-2-1-10(13(15)9-11)3-8-17-12-4-6-16-7-5-12/h1-2,9,12,16-17H,3-8H2. The van der Waals surface area contributed by atoms with Crippen molar-refractivity contribution in [1.29, 1.82) is 0 Å². The molecule has 0 spiro atoms. The van der Waals surface area contributed by atoms with Crippen molar-refractivity contribution in [1.82, 2.24) is 10.6 Å². The highest BCUT2D eigenvalue weighted by Crippen LogP contribution is 2.21. The Morgan fingerprint density at radius 2 is 2.00 bits per heavy atom. The Kier molecular flexibility index (Phi) is 5.11. The summed E-state index contributed by atoms with van der Waals surface area (Å²) in [6.07, 6.45) is 3.39. The lowest BCUT2D eigenvalue weighted by Gasteiger charge is -2.23. The highest BCUT2D eigenvalue weighted by Gasteiger charge is 2.11. The van der Waals surface area contributed by atoms with Crippen LogP contribution < -0.4 is 10.6 Å². The molecule has 2 nitrogen and oxygen atoms in total. The van der Waals surface area contributed by atoms with E-state index in [1.54, 1.807) is 0 Å². The number of hydrogen-bond acceptors (Lipinski definition) is 2. The predicted octanol–water partition coefficient (Wildman–Crippen LogP) is 2.88. The molecule has 0 aromatic heterocycles. The first-order chi connectivity index (χ1) is 8.25. The summed E-state index contributed by atoms with van der Waals surface area (Å²) in [4.78, 5) is 0. The third kappa shape index (κ3) is 4.14. The third-order valence-electron chi connectivity index (χ3n) is 3.18. The number of hydrogen-bond donors (Lipinski definition) is 2. The molecule has 94 valence electrons. The summed E-state index contributed by atoms with van der Waals surface area (Å²) in [7, 11) is 0. The molecule has 0 unspecified atom stereocenters. The minimum atomic E-state index is 0.655. The Morgan fingerprint density at radius 3 is 2.71 bits per heavy atom. The lowest BCUT2D eigenvalue weighted by molar-refractivity contribution is 0.389. The van der Waals surface area contributed by atoms with E-state index in [0.717, 1.165) is 36.6 Å². The van der Waals surface area contributed by atoms with Gasteiger partial charge in [0.05, 0.1) is 0 Å². The van der Waals surface area contributed by atoms with Gasteiger partial charge in [0.2, 0.25) is 0 Å². The van der Waals surface area contributed by atoms with E-state index >= 15 is 0 Å². The van der Waals surface area contributed by atoms with E-state index in [2.05, 4.69) is 10.6 Å². The normalized spacial score (nSPS) is 17.3. The van der Waals surface area contributed by atoms with Crippen LogP contribution in [0.1, 0.15) is 18.4 Å². The van der Waals surface area contributed by atoms with Crippen molar-refractivity contribution in [2.45, 2.75) is 25.3 Å². The number of halogens is 2. The molecule has 0 aliphatic carbocycles. The summed E-state index contributed by atoms with van der Waals surface area (Å²) < 4.78 is 0. The molecular formula is C13H18Cl2N2. The van der Waals surface area contributed by atoms with Crippen LogP contribution in [0.5, 0.6) is 0 Å². The van der Waals surface area contributed by atoms with Crippen molar-refractivity contribution in [3.63, 3.8) is 0 Å². The molecule has 2 N–H and O–H groups in total. The zero-order valence-corrected chi connectivity index (χ0v) is 11.3. The first-order valence-electron chi connectivity index (χ1n) is 6.14. The Labute approximate surface area is 113 Å². The molecule has 0 amide bonds. The van der Waals surface area contributed by atoms with E-state index in [1.807, 2.05) is 18.2 Å². The van der Waals surface area contributed by atoms with E-state index in [4.69, 9.17) is 23.2 Å². The molecule has 1 aromatic rings. The maximum Gasteiger partial charge on any atom is 0.0453 e. The molecule has 0 radical (unpaired) electrons. The Balaban J connectivity index is 1.77. The summed E-state index contributed by atoms with van der Waals surface area (Å²) in [5.41, 5.74) is 1.16. The fourth-order valence-electron chi connectivity index (χ4n) is 2.16. The van der Waals surface area contributed by atoms with Gasteiger partial charge in [-0.2, -0.15) is 0 Å². The van der Waals surface area contributed by atoms with Crippen LogP contribution in [0, 0.1) is 0 Å². The minimum absolute atomic E-state index is 0.655. The maximum absolute atomic E-state index is 6.13. The lowest BCUT2D eigenvalue weighted by atomic mass is 10.1. The largest absolute Gasteiger partial charge is 0.317 e. The molecular weight excluding hydrogens is 255 g/mol. The summed E-state index contributed by atoms with van der Waals surface area (Å²) in [5.74, 6) is 0.